The highest BCUT2D eigenvalue weighted by Crippen LogP contribution is 2.38. The quantitative estimate of drug-likeness (QED) is 0.786. The van der Waals surface area contributed by atoms with Crippen LogP contribution in [0.1, 0.15) is 29.0 Å². The third kappa shape index (κ3) is 2.68. The molecule has 2 aromatic carbocycles. The van der Waals surface area contributed by atoms with E-state index in [9.17, 15) is 0 Å². The molecule has 0 aliphatic heterocycles. The van der Waals surface area contributed by atoms with E-state index in [4.69, 9.17) is 0 Å². The van der Waals surface area contributed by atoms with Crippen molar-refractivity contribution < 1.29 is 0 Å². The van der Waals surface area contributed by atoms with Gasteiger partial charge < -0.3 is 4.90 Å². The smallest absolute Gasteiger partial charge is 0.0178 e. The van der Waals surface area contributed by atoms with Crippen molar-refractivity contribution in [1.29, 1.82) is 0 Å². The van der Waals surface area contributed by atoms with Gasteiger partial charge in [0.2, 0.25) is 0 Å². The normalized spacial score (nSPS) is 21.8. The average Bonchev–Trinajstić information content (AvgIpc) is 2.46. The number of nitrogens with zero attached hydrogens (tertiary/aromatic N) is 1. The molecule has 0 fully saturated rings. The van der Waals surface area contributed by atoms with Crippen LogP contribution in [0.3, 0.4) is 0 Å². The molecule has 3 rings (SSSR count). The molecule has 0 bridgehead atoms. The van der Waals surface area contributed by atoms with Gasteiger partial charge in [0.1, 0.15) is 0 Å². The molecular formula is C18H20BrN. The van der Waals surface area contributed by atoms with Gasteiger partial charge in [0, 0.05) is 16.4 Å². The van der Waals surface area contributed by atoms with Crippen molar-refractivity contribution in [3.8, 4) is 0 Å². The number of fused-ring (bicyclic) bond motifs is 1. The van der Waals surface area contributed by atoms with E-state index in [1.807, 2.05) is 0 Å². The van der Waals surface area contributed by atoms with Crippen molar-refractivity contribution in [2.75, 3.05) is 14.1 Å². The molecule has 20 heavy (non-hydrogen) atoms. The molecule has 0 saturated heterocycles. The summed E-state index contributed by atoms with van der Waals surface area (Å²) < 4.78 is 1.17. The summed E-state index contributed by atoms with van der Waals surface area (Å²) in [5.74, 6) is 0.504. The second-order valence-corrected chi connectivity index (χ2v) is 6.78. The first-order chi connectivity index (χ1) is 9.65. The minimum absolute atomic E-state index is 0.504. The zero-order valence-corrected chi connectivity index (χ0v) is 13.6. The van der Waals surface area contributed by atoms with Crippen LogP contribution in [0.25, 0.3) is 0 Å². The Hall–Kier alpha value is -1.12. The number of rotatable bonds is 2. The van der Waals surface area contributed by atoms with Gasteiger partial charge in [-0.3, -0.25) is 0 Å². The predicted molar refractivity (Wildman–Crippen MR) is 88.2 cm³/mol. The van der Waals surface area contributed by atoms with Crippen LogP contribution in [0.2, 0.25) is 0 Å². The lowest BCUT2D eigenvalue weighted by atomic mass is 9.76. The lowest BCUT2D eigenvalue weighted by Crippen LogP contribution is -2.35. The van der Waals surface area contributed by atoms with E-state index in [2.05, 4.69) is 83.5 Å². The molecule has 104 valence electrons. The fourth-order valence-electron chi connectivity index (χ4n) is 3.23. The van der Waals surface area contributed by atoms with Gasteiger partial charge in [-0.1, -0.05) is 52.3 Å². The van der Waals surface area contributed by atoms with Gasteiger partial charge in [-0.05, 0) is 55.8 Å². The van der Waals surface area contributed by atoms with E-state index in [1.165, 1.54) is 27.6 Å². The monoisotopic (exact) mass is 329 g/mol. The van der Waals surface area contributed by atoms with E-state index in [0.29, 0.717) is 12.0 Å². The maximum Gasteiger partial charge on any atom is 0.0178 e. The molecular weight excluding hydrogens is 310 g/mol. The van der Waals surface area contributed by atoms with E-state index in [-0.39, 0.29) is 0 Å². The highest BCUT2D eigenvalue weighted by atomic mass is 79.9. The molecule has 0 aromatic heterocycles. The molecule has 0 saturated carbocycles. The molecule has 1 nitrogen and oxygen atoms in total. The van der Waals surface area contributed by atoms with Gasteiger partial charge in [-0.25, -0.2) is 0 Å². The van der Waals surface area contributed by atoms with E-state index < -0.39 is 0 Å². The highest BCUT2D eigenvalue weighted by Gasteiger charge is 2.28. The summed E-state index contributed by atoms with van der Waals surface area (Å²) in [6.07, 6.45) is 2.36. The van der Waals surface area contributed by atoms with Crippen LogP contribution in [-0.4, -0.2) is 25.0 Å². The second-order valence-electron chi connectivity index (χ2n) is 5.86. The van der Waals surface area contributed by atoms with Gasteiger partial charge in [0.25, 0.3) is 0 Å². The molecule has 0 heterocycles. The van der Waals surface area contributed by atoms with Crippen LogP contribution in [0.4, 0.5) is 0 Å². The van der Waals surface area contributed by atoms with Crippen molar-refractivity contribution in [3.63, 3.8) is 0 Å². The molecule has 1 aliphatic carbocycles. The van der Waals surface area contributed by atoms with Gasteiger partial charge >= 0.3 is 0 Å². The zero-order valence-electron chi connectivity index (χ0n) is 12.0. The van der Waals surface area contributed by atoms with Crippen molar-refractivity contribution in [1.82, 2.24) is 4.90 Å². The summed E-state index contributed by atoms with van der Waals surface area (Å²) in [7, 11) is 4.38. The number of hydrogen-bond acceptors (Lipinski definition) is 1. The molecule has 2 heteroatoms. The molecule has 2 atom stereocenters. The lowest BCUT2D eigenvalue weighted by Gasteiger charge is -2.35. The van der Waals surface area contributed by atoms with Crippen LogP contribution in [0, 0.1) is 0 Å². The van der Waals surface area contributed by atoms with Crippen LogP contribution < -0.4 is 0 Å². The topological polar surface area (TPSA) is 3.24 Å². The second kappa shape index (κ2) is 5.71. The minimum atomic E-state index is 0.504. The van der Waals surface area contributed by atoms with Crippen LogP contribution >= 0.6 is 15.9 Å². The summed E-state index contributed by atoms with van der Waals surface area (Å²) in [6.45, 7) is 0. The Kier molecular flexibility index (Phi) is 3.95. The third-order valence-corrected chi connectivity index (χ3v) is 4.87. The van der Waals surface area contributed by atoms with Gasteiger partial charge in [0.15, 0.2) is 0 Å². The fourth-order valence-corrected chi connectivity index (χ4v) is 3.65. The van der Waals surface area contributed by atoms with Gasteiger partial charge in [-0.15, -0.1) is 0 Å². The molecule has 1 aliphatic rings. The Morgan fingerprint density at radius 3 is 2.60 bits per heavy atom. The number of likely N-dealkylation sites (N-methyl/N-ethyl adjacent to an activating group) is 1. The Morgan fingerprint density at radius 2 is 1.85 bits per heavy atom. The van der Waals surface area contributed by atoms with Crippen molar-refractivity contribution in [2.24, 2.45) is 0 Å². The zero-order chi connectivity index (χ0) is 14.1. The Labute approximate surface area is 129 Å². The molecule has 2 aromatic rings. The fraction of sp³-hybridized carbons (Fsp3) is 0.333. The van der Waals surface area contributed by atoms with Crippen LogP contribution in [-0.2, 0) is 6.42 Å². The standard InChI is InChI=1S/C18H20BrN/c1-20(2)16-11-14-6-3-4-9-17(14)18(12-16)13-7-5-8-15(19)10-13/h3-10,16,18H,11-12H2,1-2H3/t16-,18+/m1/s1. The lowest BCUT2D eigenvalue weighted by molar-refractivity contribution is 0.258. The summed E-state index contributed by atoms with van der Waals surface area (Å²) in [4.78, 5) is 2.36. The van der Waals surface area contributed by atoms with E-state index in [0.717, 1.165) is 6.42 Å². The molecule has 0 amide bonds. The maximum absolute atomic E-state index is 3.60. The molecule has 0 N–H and O–H groups in total. The third-order valence-electron chi connectivity index (χ3n) is 4.38. The summed E-state index contributed by atoms with van der Waals surface area (Å²) in [6, 6.07) is 18.3. The summed E-state index contributed by atoms with van der Waals surface area (Å²) in [5, 5.41) is 0. The first-order valence-corrected chi connectivity index (χ1v) is 7.94. The first kappa shape index (κ1) is 13.8. The Bertz CT molecular complexity index is 606. The summed E-state index contributed by atoms with van der Waals surface area (Å²) >= 11 is 3.60. The average molecular weight is 330 g/mol. The number of hydrogen-bond donors (Lipinski definition) is 0. The van der Waals surface area contributed by atoms with Crippen LogP contribution in [0.15, 0.2) is 53.0 Å². The van der Waals surface area contributed by atoms with Crippen molar-refractivity contribution in [2.45, 2.75) is 24.8 Å². The van der Waals surface area contributed by atoms with Gasteiger partial charge in [0.05, 0.1) is 0 Å². The molecule has 0 unspecified atom stereocenters. The largest absolute Gasteiger partial charge is 0.306 e. The predicted octanol–water partition coefficient (Wildman–Crippen LogP) is 4.46. The molecule has 0 radical (unpaired) electrons. The van der Waals surface area contributed by atoms with Crippen LogP contribution in [0.5, 0.6) is 0 Å². The first-order valence-electron chi connectivity index (χ1n) is 7.15. The van der Waals surface area contributed by atoms with E-state index in [1.54, 1.807) is 0 Å². The number of halogens is 1. The minimum Gasteiger partial charge on any atom is -0.306 e. The molecule has 0 spiro atoms. The SMILES string of the molecule is CN(C)[C@@H]1Cc2ccccc2[C@H](c2cccc(Br)c2)C1. The number of benzene rings is 2. The maximum atomic E-state index is 3.60. The van der Waals surface area contributed by atoms with E-state index >= 15 is 0 Å². The van der Waals surface area contributed by atoms with Crippen molar-refractivity contribution in [3.05, 3.63) is 69.7 Å². The van der Waals surface area contributed by atoms with Gasteiger partial charge in [-0.2, -0.15) is 0 Å². The van der Waals surface area contributed by atoms with Crippen molar-refractivity contribution >= 4 is 15.9 Å². The highest BCUT2D eigenvalue weighted by molar-refractivity contribution is 9.10. The Balaban J connectivity index is 2.05. The Morgan fingerprint density at radius 1 is 1.05 bits per heavy atom. The summed E-state index contributed by atoms with van der Waals surface area (Å²) in [5.41, 5.74) is 4.42.